The number of hydrogen-bond acceptors (Lipinski definition) is 10. The van der Waals surface area contributed by atoms with Crippen molar-refractivity contribution < 1.29 is 52.2 Å². The third kappa shape index (κ3) is 49.4. The van der Waals surface area contributed by atoms with Crippen LogP contribution in [-0.4, -0.2) is 66.5 Å². The molecule has 0 aromatic rings. The van der Waals surface area contributed by atoms with Gasteiger partial charge in [-0.3, -0.25) is 23.4 Å². The Bertz CT molecular complexity index is 1540. The first-order valence-corrected chi connectivity index (χ1v) is 28.6. The molecular weight excluding hydrogens is 904 g/mol. The van der Waals surface area contributed by atoms with Gasteiger partial charge in [0.05, 0.1) is 19.8 Å². The molecule has 0 heterocycles. The quantitative estimate of drug-likeness (QED) is 0.0197. The van der Waals surface area contributed by atoms with Crippen LogP contribution in [0.3, 0.4) is 0 Å². The molecule has 12 heteroatoms. The van der Waals surface area contributed by atoms with Crippen LogP contribution in [0, 0.1) is 0 Å². The Balaban J connectivity index is 4.80. The molecule has 400 valence electrons. The normalized spacial score (nSPS) is 14.2. The van der Waals surface area contributed by atoms with E-state index in [1.54, 1.807) is 0 Å². The van der Waals surface area contributed by atoms with Gasteiger partial charge in [0.25, 0.3) is 0 Å². The van der Waals surface area contributed by atoms with Crippen LogP contribution >= 0.6 is 7.82 Å². The molecule has 0 radical (unpaired) electrons. The number of ether oxygens (including phenoxy) is 3. The fourth-order valence-electron chi connectivity index (χ4n) is 6.95. The molecule has 0 saturated heterocycles. The van der Waals surface area contributed by atoms with Crippen molar-refractivity contribution >= 4 is 25.7 Å². The molecule has 0 amide bonds. The Morgan fingerprint density at radius 2 is 0.771 bits per heavy atom. The summed E-state index contributed by atoms with van der Waals surface area (Å²) >= 11 is 0. The lowest BCUT2D eigenvalue weighted by Crippen LogP contribution is -2.30. The molecule has 0 aromatic carbocycles. The van der Waals surface area contributed by atoms with Gasteiger partial charge in [-0.15, -0.1) is 0 Å². The monoisotopic (exact) mass is 1000 g/mol. The van der Waals surface area contributed by atoms with Gasteiger partial charge in [0, 0.05) is 19.3 Å². The summed E-state index contributed by atoms with van der Waals surface area (Å²) in [6.07, 6.45) is 59.6. The first-order valence-electron chi connectivity index (χ1n) is 27.1. The molecular formula is C58H97O11P. The van der Waals surface area contributed by atoms with E-state index in [-0.39, 0.29) is 25.9 Å². The minimum atomic E-state index is -4.77. The summed E-state index contributed by atoms with van der Waals surface area (Å²) in [5, 5.41) is 9.77. The van der Waals surface area contributed by atoms with E-state index in [1.807, 2.05) is 18.2 Å². The van der Waals surface area contributed by atoms with Crippen molar-refractivity contribution in [2.24, 2.45) is 0 Å². The zero-order valence-corrected chi connectivity index (χ0v) is 44.8. The largest absolute Gasteiger partial charge is 0.472 e. The number of carbonyl (C=O) groups excluding carboxylic acids is 3. The van der Waals surface area contributed by atoms with E-state index < -0.39 is 57.8 Å². The van der Waals surface area contributed by atoms with E-state index in [9.17, 15) is 28.9 Å². The molecule has 0 rings (SSSR count). The van der Waals surface area contributed by atoms with Crippen molar-refractivity contribution in [3.63, 3.8) is 0 Å². The van der Waals surface area contributed by atoms with E-state index in [1.165, 1.54) is 44.9 Å². The molecule has 0 saturated carbocycles. The molecule has 0 aliphatic heterocycles. The van der Waals surface area contributed by atoms with Crippen LogP contribution in [-0.2, 0) is 42.2 Å². The number of allylic oxidation sites excluding steroid dienone is 16. The Kier molecular flexibility index (Phi) is 49.1. The SMILES string of the molecule is CC/C=C\C/C=C\C/C=C\C/C=C\CCCCCCCCC(=O)OC(COC(=O)CCCCCCCCCCCCC)COP(=O)(O)OCC(CO)OC(=O)CC/C=C\C/C=C\C/C=C\C/C=C\CC. The highest BCUT2D eigenvalue weighted by atomic mass is 31.2. The predicted molar refractivity (Wildman–Crippen MR) is 288 cm³/mol. The summed E-state index contributed by atoms with van der Waals surface area (Å²) in [6, 6.07) is 0. The first-order chi connectivity index (χ1) is 34.2. The molecule has 2 N–H and O–H groups in total. The zero-order chi connectivity index (χ0) is 51.3. The molecule has 0 spiro atoms. The molecule has 3 unspecified atom stereocenters. The van der Waals surface area contributed by atoms with Gasteiger partial charge >= 0.3 is 25.7 Å². The third-order valence-corrected chi connectivity index (χ3v) is 12.0. The fraction of sp³-hybridized carbons (Fsp3) is 0.672. The first kappa shape index (κ1) is 66.4. The van der Waals surface area contributed by atoms with Gasteiger partial charge < -0.3 is 24.2 Å². The number of phosphoric acid groups is 1. The summed E-state index contributed by atoms with van der Waals surface area (Å²) < 4.78 is 39.3. The van der Waals surface area contributed by atoms with Crippen molar-refractivity contribution in [3.05, 3.63) is 97.2 Å². The lowest BCUT2D eigenvalue weighted by atomic mass is 10.1. The van der Waals surface area contributed by atoms with Crippen molar-refractivity contribution in [3.8, 4) is 0 Å². The average molecular weight is 1000 g/mol. The Morgan fingerprint density at radius 3 is 1.23 bits per heavy atom. The van der Waals surface area contributed by atoms with Crippen molar-refractivity contribution in [1.29, 1.82) is 0 Å². The second kappa shape index (κ2) is 51.7. The number of esters is 3. The van der Waals surface area contributed by atoms with Crippen LogP contribution < -0.4 is 0 Å². The van der Waals surface area contributed by atoms with E-state index in [0.717, 1.165) is 109 Å². The summed E-state index contributed by atoms with van der Waals surface area (Å²) in [4.78, 5) is 48.3. The highest BCUT2D eigenvalue weighted by molar-refractivity contribution is 7.47. The van der Waals surface area contributed by atoms with E-state index in [2.05, 4.69) is 99.8 Å². The summed E-state index contributed by atoms with van der Waals surface area (Å²) in [6.45, 7) is 4.29. The van der Waals surface area contributed by atoms with Crippen LogP contribution in [0.1, 0.15) is 213 Å². The number of aliphatic hydroxyl groups excluding tert-OH is 1. The van der Waals surface area contributed by atoms with E-state index in [0.29, 0.717) is 19.3 Å². The molecule has 0 fully saturated rings. The second-order valence-electron chi connectivity index (χ2n) is 17.6. The maximum atomic E-state index is 12.9. The molecule has 0 aromatic heterocycles. The average Bonchev–Trinajstić information content (AvgIpc) is 3.35. The highest BCUT2D eigenvalue weighted by Gasteiger charge is 2.28. The van der Waals surface area contributed by atoms with Gasteiger partial charge in [-0.25, -0.2) is 4.57 Å². The van der Waals surface area contributed by atoms with Gasteiger partial charge in [-0.1, -0.05) is 208 Å². The number of rotatable bonds is 49. The molecule has 0 bridgehead atoms. The number of hydrogen-bond donors (Lipinski definition) is 2. The maximum absolute atomic E-state index is 12.9. The zero-order valence-electron chi connectivity index (χ0n) is 43.9. The Morgan fingerprint density at radius 1 is 0.414 bits per heavy atom. The van der Waals surface area contributed by atoms with Crippen molar-refractivity contribution in [2.45, 2.75) is 226 Å². The highest BCUT2D eigenvalue weighted by Crippen LogP contribution is 2.43. The van der Waals surface area contributed by atoms with Gasteiger partial charge in [0.15, 0.2) is 6.10 Å². The van der Waals surface area contributed by atoms with Crippen LogP contribution in [0.4, 0.5) is 0 Å². The number of unbranched alkanes of at least 4 members (excludes halogenated alkanes) is 16. The van der Waals surface area contributed by atoms with Gasteiger partial charge in [-0.2, -0.15) is 0 Å². The van der Waals surface area contributed by atoms with Crippen LogP contribution in [0.2, 0.25) is 0 Å². The van der Waals surface area contributed by atoms with Crippen LogP contribution in [0.25, 0.3) is 0 Å². The lowest BCUT2D eigenvalue weighted by molar-refractivity contribution is -0.161. The van der Waals surface area contributed by atoms with Crippen LogP contribution in [0.5, 0.6) is 0 Å². The lowest BCUT2D eigenvalue weighted by Gasteiger charge is -2.21. The predicted octanol–water partition coefficient (Wildman–Crippen LogP) is 15.7. The van der Waals surface area contributed by atoms with Gasteiger partial charge in [-0.05, 0) is 83.5 Å². The minimum absolute atomic E-state index is 0.0519. The summed E-state index contributed by atoms with van der Waals surface area (Å²) in [5.74, 6) is -1.57. The summed E-state index contributed by atoms with van der Waals surface area (Å²) in [5.41, 5.74) is 0. The van der Waals surface area contributed by atoms with E-state index >= 15 is 0 Å². The number of carbonyl (C=O) groups is 3. The molecule has 3 atom stereocenters. The topological polar surface area (TPSA) is 155 Å². The maximum Gasteiger partial charge on any atom is 0.472 e. The second-order valence-corrected chi connectivity index (χ2v) is 19.1. The Hall–Kier alpha value is -3.60. The van der Waals surface area contributed by atoms with Gasteiger partial charge in [0.2, 0.25) is 0 Å². The molecule has 70 heavy (non-hydrogen) atoms. The fourth-order valence-corrected chi connectivity index (χ4v) is 7.73. The smallest absolute Gasteiger partial charge is 0.462 e. The molecule has 0 aliphatic rings. The Labute approximate surface area is 425 Å². The van der Waals surface area contributed by atoms with Gasteiger partial charge in [0.1, 0.15) is 12.7 Å². The molecule has 11 nitrogen and oxygen atoms in total. The standard InChI is InChI=1S/C58H97O11P/c1-4-7-10-13-16-19-22-24-25-26-27-28-29-31-34-37-40-43-46-49-58(62)69-55(51-65-56(60)47-44-41-38-35-32-21-18-15-12-9-6-3)53-67-70(63,64)66-52-54(50-59)68-57(61)48-45-42-39-36-33-30-23-20-17-14-11-8-5-2/h7-8,10-11,16-17,19-20,24-25,27-28,30,33,39,42,54-55,59H,4-6,9,12-15,18,21-23,26,29,31-32,34-38,40-41,43-53H2,1-3H3,(H,63,64)/b10-7-,11-8-,19-16-,20-17-,25-24-,28-27-,33-30-,42-39-. The molecule has 0 aliphatic carbocycles. The third-order valence-electron chi connectivity index (χ3n) is 11.0. The number of phosphoric ester groups is 1. The van der Waals surface area contributed by atoms with E-state index in [4.69, 9.17) is 23.3 Å². The van der Waals surface area contributed by atoms with Crippen molar-refractivity contribution in [2.75, 3.05) is 26.4 Å². The van der Waals surface area contributed by atoms with Crippen LogP contribution in [0.15, 0.2) is 97.2 Å². The minimum Gasteiger partial charge on any atom is -0.462 e. The number of aliphatic hydroxyl groups is 1. The summed E-state index contributed by atoms with van der Waals surface area (Å²) in [7, 11) is -4.77. The van der Waals surface area contributed by atoms with Crippen molar-refractivity contribution in [1.82, 2.24) is 0 Å².